The van der Waals surface area contributed by atoms with E-state index >= 15 is 0 Å². The molecule has 4 heterocycles. The second-order valence-electron chi connectivity index (χ2n) is 26.2. The summed E-state index contributed by atoms with van der Waals surface area (Å²) >= 11 is 1.96. The number of ether oxygens (including phenoxy) is 2. The van der Waals surface area contributed by atoms with Gasteiger partial charge in [0.15, 0.2) is 36.3 Å². The van der Waals surface area contributed by atoms with Crippen LogP contribution in [0.3, 0.4) is 0 Å². The number of nitrogens with zero attached hydrogens (tertiary/aromatic N) is 5. The average Bonchev–Trinajstić information content (AvgIpc) is 1.68. The van der Waals surface area contributed by atoms with Crippen LogP contribution in [-0.2, 0) is 40.4 Å². The number of carboxylic acids is 1. The number of hydrazine groups is 2. The van der Waals surface area contributed by atoms with Crippen LogP contribution in [0.15, 0.2) is 280 Å². The number of alkyl halides is 15. The third-order valence-corrected chi connectivity index (χ3v) is 17.8. The number of oxazole rings is 3. The molecule has 0 aliphatic carbocycles. The van der Waals surface area contributed by atoms with Gasteiger partial charge < -0.3 is 59.2 Å². The lowest BCUT2D eigenvalue weighted by Gasteiger charge is -2.13. The Hall–Kier alpha value is -15.6. The van der Waals surface area contributed by atoms with Gasteiger partial charge in [0.05, 0.1) is 92.1 Å². The van der Waals surface area contributed by atoms with Crippen molar-refractivity contribution in [2.45, 2.75) is 58.6 Å². The molecule has 0 aliphatic heterocycles. The Morgan fingerprint density at radius 2 is 0.733 bits per heavy atom. The normalized spacial score (nSPS) is 10.9. The molecule has 0 atom stereocenters. The number of carbonyl (C=O) groups is 6. The third-order valence-electron chi connectivity index (χ3n) is 17.1. The van der Waals surface area contributed by atoms with Crippen LogP contribution in [0, 0.1) is 24.3 Å². The number of aryl methyl sites for hydroxylation is 3. The standard InChI is InChI=1S/C19H15F3N4O3.C19H13F3N4O2.C16H14F3NO2.C14H12F3N3O.C8H9NO2.C7H4F3I.C5H5NO3/c1-11-16(23-10-29-11)18(28)26-25-17(27)14-4-2-3-5-15(14)24-13-8-6-12(7-9-13)19(20,21)22;1-11-16(23-10-27-11)18-26-25-17(28-18)14-4-2-3-5-15(14)24-13-8-6-12(7-9-13)19(20,21)22;1-2-22-15(21)13-5-3-4-6-14(13)20-12-9-7-11(8-10-12)16(17,18)19;15-14(16,17)9-5-7-10(8-6-9)19-12-4-2-1-3-11(12)13(21)20-18;1-11-8(10)6-4-2-3-5-7(6)9;8-7(9,10)5-1-3-6(11)4-2-5;1-3-4(5(7)8)6-2-9-3/h2-10,24H,1H3,(H,25,27)(H,26,28);2-10,24H,1H3;3-10,20H,2H2,1H3;1-8,19H,18H2,(H,20,21);2-5H,9H2,1H3;1-4H;2H,1H3,(H,7,8). The molecule has 0 spiro atoms. The van der Waals surface area contributed by atoms with Crippen LogP contribution in [0.5, 0.6) is 0 Å². The number of hydrogen-bond donors (Lipinski definition) is 10. The Morgan fingerprint density at radius 3 is 1.10 bits per heavy atom. The van der Waals surface area contributed by atoms with E-state index in [-0.39, 0.29) is 35.3 Å². The molecule has 0 aliphatic rings. The van der Waals surface area contributed by atoms with Gasteiger partial charge in [0.2, 0.25) is 5.89 Å². The number of aromatic nitrogens is 5. The SMILES string of the molecule is CCOC(=O)c1ccccc1Nc1ccc(C(F)(F)F)cc1.COC(=O)c1ccccc1N.Cc1ocnc1-c1nnc(-c2ccccc2Nc2ccc(C(F)(F)F)cc2)o1.Cc1ocnc1C(=O)NNC(=O)c1ccccc1Nc1ccc(C(F)(F)F)cc1.Cc1ocnc1C(=O)O.FC(F)(F)c1ccc(I)cc1.NNC(=O)c1ccccc1Nc1ccc(C(F)(F)F)cc1. The molecule has 131 heavy (non-hydrogen) atoms. The summed E-state index contributed by atoms with van der Waals surface area (Å²) in [5.74, 6) is 2.99. The van der Waals surface area contributed by atoms with E-state index < -0.39 is 94.3 Å². The van der Waals surface area contributed by atoms with E-state index in [1.807, 2.05) is 28.0 Å². The smallest absolute Gasteiger partial charge is 0.416 e. The maximum Gasteiger partial charge on any atom is 0.416 e. The minimum atomic E-state index is -4.43. The van der Waals surface area contributed by atoms with Crippen molar-refractivity contribution in [3.63, 3.8) is 0 Å². The number of nitrogen functional groups attached to an aromatic ring is 2. The second-order valence-corrected chi connectivity index (χ2v) is 27.4. The summed E-state index contributed by atoms with van der Waals surface area (Å²) in [5, 5.41) is 28.1. The molecule has 4 aromatic heterocycles. The number of carboxylic acid groups (broad SMARTS) is 1. The maximum atomic E-state index is 12.7. The fraction of sp³-hybridized carbons (Fsp3) is 0.125. The van der Waals surface area contributed by atoms with Gasteiger partial charge in [0, 0.05) is 32.0 Å². The van der Waals surface area contributed by atoms with Gasteiger partial charge in [-0.2, -0.15) is 65.9 Å². The van der Waals surface area contributed by atoms with Gasteiger partial charge >= 0.3 is 48.8 Å². The van der Waals surface area contributed by atoms with E-state index in [2.05, 4.69) is 66.4 Å². The largest absolute Gasteiger partial charge is 0.476 e. The van der Waals surface area contributed by atoms with Crippen molar-refractivity contribution < 1.29 is 127 Å². The van der Waals surface area contributed by atoms with Crippen LogP contribution < -0.4 is 49.1 Å². The van der Waals surface area contributed by atoms with Gasteiger partial charge in [0.1, 0.15) is 17.3 Å². The quantitative estimate of drug-likeness (QED) is 0.00770. The number of carbonyl (C=O) groups excluding carboxylic acids is 5. The third kappa shape index (κ3) is 30.3. The number of amides is 3. The summed E-state index contributed by atoms with van der Waals surface area (Å²) in [4.78, 5) is 80.2. The van der Waals surface area contributed by atoms with Gasteiger partial charge in [-0.05, 0) is 232 Å². The minimum Gasteiger partial charge on any atom is -0.476 e. The molecule has 0 saturated heterocycles. The first-order chi connectivity index (χ1) is 62.0. The van der Waals surface area contributed by atoms with Crippen molar-refractivity contribution in [1.29, 1.82) is 0 Å². The molecular formula is C88H72F15IN14O13. The van der Waals surface area contributed by atoms with Crippen LogP contribution in [0.4, 0.5) is 117 Å². The highest BCUT2D eigenvalue weighted by atomic mass is 127. The molecule has 3 amide bonds. The number of para-hydroxylation sites is 5. The number of esters is 2. The summed E-state index contributed by atoms with van der Waals surface area (Å²) in [5.41, 5.74) is 14.7. The lowest BCUT2D eigenvalue weighted by molar-refractivity contribution is -0.138. The molecule has 0 fully saturated rings. The molecule has 684 valence electrons. The van der Waals surface area contributed by atoms with Gasteiger partial charge in [-0.25, -0.2) is 35.2 Å². The van der Waals surface area contributed by atoms with Gasteiger partial charge in [-0.3, -0.25) is 30.7 Å². The van der Waals surface area contributed by atoms with Crippen LogP contribution >= 0.6 is 22.6 Å². The molecule has 43 heteroatoms. The summed E-state index contributed by atoms with van der Waals surface area (Å²) in [6.07, 6.45) is -18.3. The summed E-state index contributed by atoms with van der Waals surface area (Å²) in [6.45, 7) is 6.77. The summed E-state index contributed by atoms with van der Waals surface area (Å²) in [7, 11) is 1.33. The van der Waals surface area contributed by atoms with E-state index in [4.69, 9.17) is 34.7 Å². The molecule has 0 radical (unpaired) electrons. The number of benzene rings is 10. The first kappa shape index (κ1) is 101. The van der Waals surface area contributed by atoms with Crippen molar-refractivity contribution in [3.05, 3.63) is 344 Å². The topological polar surface area (TPSA) is 394 Å². The molecule has 14 aromatic rings. The molecule has 14 rings (SSSR count). The first-order valence-corrected chi connectivity index (χ1v) is 38.5. The zero-order valence-electron chi connectivity index (χ0n) is 68.3. The molecule has 0 bridgehead atoms. The lowest BCUT2D eigenvalue weighted by atomic mass is 10.1. The number of methoxy groups -OCH3 is 1. The number of halogens is 16. The fourth-order valence-electron chi connectivity index (χ4n) is 10.7. The highest BCUT2D eigenvalue weighted by molar-refractivity contribution is 14.1. The van der Waals surface area contributed by atoms with Crippen molar-refractivity contribution in [2.75, 3.05) is 40.7 Å². The first-order valence-electron chi connectivity index (χ1n) is 37.4. The monoisotopic (exact) mass is 1940 g/mol. The van der Waals surface area contributed by atoms with E-state index in [9.17, 15) is 94.6 Å². The van der Waals surface area contributed by atoms with Gasteiger partial charge in [-0.1, -0.05) is 60.7 Å². The van der Waals surface area contributed by atoms with E-state index in [0.29, 0.717) is 96.4 Å². The van der Waals surface area contributed by atoms with E-state index in [1.54, 1.807) is 143 Å². The Balaban J connectivity index is 0.000000195. The zero-order valence-corrected chi connectivity index (χ0v) is 70.5. The highest BCUT2D eigenvalue weighted by Gasteiger charge is 2.34. The van der Waals surface area contributed by atoms with Crippen molar-refractivity contribution in [1.82, 2.24) is 41.4 Å². The van der Waals surface area contributed by atoms with Gasteiger partial charge in [-0.15, -0.1) is 10.2 Å². The van der Waals surface area contributed by atoms with Crippen LogP contribution in [-0.4, -0.2) is 79.6 Å². The number of nitrogens with two attached hydrogens (primary N) is 2. The van der Waals surface area contributed by atoms with Crippen LogP contribution in [0.25, 0.3) is 23.0 Å². The predicted molar refractivity (Wildman–Crippen MR) is 457 cm³/mol. The Morgan fingerprint density at radius 1 is 0.397 bits per heavy atom. The Labute approximate surface area is 746 Å². The van der Waals surface area contributed by atoms with E-state index in [0.717, 1.165) is 77.0 Å². The van der Waals surface area contributed by atoms with Crippen LogP contribution in [0.2, 0.25) is 0 Å². The number of anilines is 9. The predicted octanol–water partition coefficient (Wildman–Crippen LogP) is 22.0. The number of nitrogens with one attached hydrogen (secondary N) is 7. The van der Waals surface area contributed by atoms with E-state index in [1.165, 1.54) is 80.2 Å². The summed E-state index contributed by atoms with van der Waals surface area (Å²) in [6, 6.07) is 56.6. The number of hydrogen-bond acceptors (Lipinski definition) is 23. The van der Waals surface area contributed by atoms with Crippen molar-refractivity contribution in [3.8, 4) is 23.0 Å². The molecule has 12 N–H and O–H groups in total. The maximum absolute atomic E-state index is 12.7. The van der Waals surface area contributed by atoms with Gasteiger partial charge in [0.25, 0.3) is 23.6 Å². The van der Waals surface area contributed by atoms with Crippen LogP contribution in [0.1, 0.15) is 114 Å². The number of aromatic carboxylic acids is 1. The zero-order chi connectivity index (χ0) is 96.0. The highest BCUT2D eigenvalue weighted by Crippen LogP contribution is 2.38. The summed E-state index contributed by atoms with van der Waals surface area (Å²) < 4.78 is 218. The molecule has 27 nitrogen and oxygen atoms in total. The second kappa shape index (κ2) is 46.2. The Bertz CT molecular complexity index is 6130. The molecule has 0 unspecified atom stereocenters. The molecule has 0 saturated carbocycles. The lowest BCUT2D eigenvalue weighted by Crippen LogP contribution is -2.42. The Kier molecular flexibility index (Phi) is 35.6. The molecule has 10 aromatic carbocycles. The minimum absolute atomic E-state index is 0.0185. The molecular weight excluding hydrogens is 1870 g/mol. The van der Waals surface area contributed by atoms with Crippen molar-refractivity contribution >= 4 is 109 Å². The fourth-order valence-corrected chi connectivity index (χ4v) is 11.0. The average molecular weight is 1950 g/mol. The van der Waals surface area contributed by atoms with Crippen molar-refractivity contribution in [2.24, 2.45) is 5.84 Å². The number of rotatable bonds is 17.